The second kappa shape index (κ2) is 8.49. The van der Waals surface area contributed by atoms with E-state index in [1.807, 2.05) is 18.2 Å². The molecule has 0 aliphatic carbocycles. The number of rotatable bonds is 6. The topological polar surface area (TPSA) is 98.4 Å². The zero-order chi connectivity index (χ0) is 22.0. The second-order valence-corrected chi connectivity index (χ2v) is 7.09. The van der Waals surface area contributed by atoms with E-state index in [1.165, 1.54) is 6.92 Å². The number of nitrogens with one attached hydrogen (secondary N) is 1. The SMILES string of the molecule is CCOC(=O)c1c(C)[nH]c(C(=O)[C@@H](C)OC(=O)c2cc(C)nc3ccccc23)c1C. The number of H-pyrrole nitrogens is 1. The standard InChI is InChI=1S/C23H24N2O5/c1-6-29-23(28)19-13(3)20(25-14(19)4)21(26)15(5)30-22(27)17-11-12(2)24-18-10-8-7-9-16(17)18/h7-11,15,25H,6H2,1-5H3/t15-/m1/s1. The maximum atomic E-state index is 12.9. The van der Waals surface area contributed by atoms with E-state index in [-0.39, 0.29) is 12.3 Å². The monoisotopic (exact) mass is 408 g/mol. The molecule has 0 amide bonds. The highest BCUT2D eigenvalue weighted by Crippen LogP contribution is 2.23. The minimum absolute atomic E-state index is 0.228. The second-order valence-electron chi connectivity index (χ2n) is 7.09. The quantitative estimate of drug-likeness (QED) is 0.487. The summed E-state index contributed by atoms with van der Waals surface area (Å²) in [5.74, 6) is -1.52. The maximum absolute atomic E-state index is 12.9. The Hall–Kier alpha value is -3.48. The molecule has 0 radical (unpaired) electrons. The number of aryl methyl sites for hydroxylation is 2. The Labute approximate surface area is 174 Å². The van der Waals surface area contributed by atoms with E-state index < -0.39 is 23.8 Å². The first-order chi connectivity index (χ1) is 14.2. The van der Waals surface area contributed by atoms with Crippen molar-refractivity contribution in [1.82, 2.24) is 9.97 Å². The third kappa shape index (κ3) is 3.96. The van der Waals surface area contributed by atoms with Gasteiger partial charge in [-0.05, 0) is 52.3 Å². The van der Waals surface area contributed by atoms with Crippen LogP contribution in [0.3, 0.4) is 0 Å². The molecule has 1 N–H and O–H groups in total. The molecular formula is C23H24N2O5. The summed E-state index contributed by atoms with van der Waals surface area (Å²) in [5, 5.41) is 0.657. The summed E-state index contributed by atoms with van der Waals surface area (Å²) in [4.78, 5) is 45.3. The number of esters is 2. The molecule has 2 heterocycles. The Morgan fingerprint density at radius 2 is 1.80 bits per heavy atom. The van der Waals surface area contributed by atoms with Gasteiger partial charge < -0.3 is 14.5 Å². The lowest BCUT2D eigenvalue weighted by Crippen LogP contribution is -2.25. The number of aromatic amines is 1. The Morgan fingerprint density at radius 3 is 2.50 bits per heavy atom. The lowest BCUT2D eigenvalue weighted by Gasteiger charge is -2.14. The van der Waals surface area contributed by atoms with Gasteiger partial charge in [0.15, 0.2) is 6.10 Å². The highest BCUT2D eigenvalue weighted by Gasteiger charge is 2.28. The van der Waals surface area contributed by atoms with Crippen LogP contribution in [0, 0.1) is 20.8 Å². The fourth-order valence-electron chi connectivity index (χ4n) is 3.46. The van der Waals surface area contributed by atoms with E-state index in [9.17, 15) is 14.4 Å². The molecule has 30 heavy (non-hydrogen) atoms. The van der Waals surface area contributed by atoms with E-state index in [0.29, 0.717) is 39.0 Å². The third-order valence-corrected chi connectivity index (χ3v) is 4.88. The van der Waals surface area contributed by atoms with Crippen LogP contribution in [0.25, 0.3) is 10.9 Å². The van der Waals surface area contributed by atoms with Crippen molar-refractivity contribution < 1.29 is 23.9 Å². The number of ether oxygens (including phenoxy) is 2. The molecule has 0 spiro atoms. The van der Waals surface area contributed by atoms with Crippen molar-refractivity contribution in [1.29, 1.82) is 0 Å². The molecular weight excluding hydrogens is 384 g/mol. The van der Waals surface area contributed by atoms with Gasteiger partial charge in [0.2, 0.25) is 5.78 Å². The van der Waals surface area contributed by atoms with Gasteiger partial charge in [-0.15, -0.1) is 0 Å². The predicted molar refractivity (Wildman–Crippen MR) is 112 cm³/mol. The average Bonchev–Trinajstić information content (AvgIpc) is 3.00. The summed E-state index contributed by atoms with van der Waals surface area (Å²) >= 11 is 0. The van der Waals surface area contributed by atoms with Crippen molar-refractivity contribution in [3.8, 4) is 0 Å². The van der Waals surface area contributed by atoms with Gasteiger partial charge in [0, 0.05) is 16.8 Å². The van der Waals surface area contributed by atoms with Gasteiger partial charge in [0.1, 0.15) is 0 Å². The molecule has 0 unspecified atom stereocenters. The van der Waals surface area contributed by atoms with Gasteiger partial charge in [0.25, 0.3) is 0 Å². The first-order valence-corrected chi connectivity index (χ1v) is 9.72. The van der Waals surface area contributed by atoms with Crippen molar-refractivity contribution >= 4 is 28.6 Å². The summed E-state index contributed by atoms with van der Waals surface area (Å²) in [6, 6.07) is 8.90. The van der Waals surface area contributed by atoms with Crippen LogP contribution in [0.2, 0.25) is 0 Å². The average molecular weight is 408 g/mol. The molecule has 0 bridgehead atoms. The van der Waals surface area contributed by atoms with E-state index in [4.69, 9.17) is 9.47 Å². The van der Waals surface area contributed by atoms with Crippen molar-refractivity contribution in [3.05, 3.63) is 64.1 Å². The smallest absolute Gasteiger partial charge is 0.340 e. The predicted octanol–water partition coefficient (Wildman–Crippen LogP) is 4.09. The number of fused-ring (bicyclic) bond motifs is 1. The Bertz CT molecular complexity index is 1150. The number of aromatic nitrogens is 2. The Kier molecular flexibility index (Phi) is 6.01. The molecule has 0 fully saturated rings. The van der Waals surface area contributed by atoms with Crippen LogP contribution in [0.1, 0.15) is 62.0 Å². The number of nitrogens with zero attached hydrogens (tertiary/aromatic N) is 1. The summed E-state index contributed by atoms with van der Waals surface area (Å²) in [6.07, 6.45) is -1.04. The van der Waals surface area contributed by atoms with Gasteiger partial charge in [-0.3, -0.25) is 9.78 Å². The molecule has 0 aliphatic heterocycles. The van der Waals surface area contributed by atoms with E-state index in [0.717, 1.165) is 0 Å². The third-order valence-electron chi connectivity index (χ3n) is 4.88. The number of benzene rings is 1. The van der Waals surface area contributed by atoms with Crippen LogP contribution < -0.4 is 0 Å². The first kappa shape index (κ1) is 21.2. The van der Waals surface area contributed by atoms with Crippen molar-refractivity contribution in [2.45, 2.75) is 40.7 Å². The Morgan fingerprint density at radius 1 is 1.10 bits per heavy atom. The van der Waals surface area contributed by atoms with Gasteiger partial charge in [-0.2, -0.15) is 0 Å². The lowest BCUT2D eigenvalue weighted by molar-refractivity contribution is 0.0318. The molecule has 7 heteroatoms. The van der Waals surface area contributed by atoms with Gasteiger partial charge in [-0.1, -0.05) is 18.2 Å². The van der Waals surface area contributed by atoms with Crippen molar-refractivity contribution in [2.75, 3.05) is 6.61 Å². The highest BCUT2D eigenvalue weighted by atomic mass is 16.5. The minimum Gasteiger partial charge on any atom is -0.462 e. The lowest BCUT2D eigenvalue weighted by atomic mass is 10.1. The largest absolute Gasteiger partial charge is 0.462 e. The van der Waals surface area contributed by atoms with E-state index >= 15 is 0 Å². The van der Waals surface area contributed by atoms with E-state index in [2.05, 4.69) is 9.97 Å². The van der Waals surface area contributed by atoms with Crippen LogP contribution in [0.4, 0.5) is 0 Å². The molecule has 2 aromatic heterocycles. The minimum atomic E-state index is -1.04. The fraction of sp³-hybridized carbons (Fsp3) is 0.304. The number of hydrogen-bond acceptors (Lipinski definition) is 6. The normalized spacial score (nSPS) is 11.9. The summed E-state index contributed by atoms with van der Waals surface area (Å²) in [6.45, 7) is 8.61. The van der Waals surface area contributed by atoms with Gasteiger partial charge >= 0.3 is 11.9 Å². The van der Waals surface area contributed by atoms with Crippen molar-refractivity contribution in [3.63, 3.8) is 0 Å². The number of hydrogen-bond donors (Lipinski definition) is 1. The van der Waals surface area contributed by atoms with Crippen LogP contribution in [0.15, 0.2) is 30.3 Å². The van der Waals surface area contributed by atoms with Crippen LogP contribution in [-0.4, -0.2) is 40.4 Å². The zero-order valence-corrected chi connectivity index (χ0v) is 17.7. The number of Topliss-reactive ketones (excluding diaryl/α,β-unsaturated/α-hetero) is 1. The van der Waals surface area contributed by atoms with Crippen LogP contribution >= 0.6 is 0 Å². The number of ketones is 1. The number of para-hydroxylation sites is 1. The number of carbonyl (C=O) groups is 3. The molecule has 3 rings (SSSR count). The van der Waals surface area contributed by atoms with Gasteiger partial charge in [0.05, 0.1) is 28.9 Å². The summed E-state index contributed by atoms with van der Waals surface area (Å²) in [5.41, 5.74) is 3.27. The summed E-state index contributed by atoms with van der Waals surface area (Å²) < 4.78 is 10.5. The maximum Gasteiger partial charge on any atom is 0.340 e. The van der Waals surface area contributed by atoms with Gasteiger partial charge in [-0.25, -0.2) is 9.59 Å². The summed E-state index contributed by atoms with van der Waals surface area (Å²) in [7, 11) is 0. The number of pyridine rings is 1. The molecule has 0 saturated carbocycles. The van der Waals surface area contributed by atoms with Crippen LogP contribution in [-0.2, 0) is 9.47 Å². The molecule has 0 saturated heterocycles. The zero-order valence-electron chi connectivity index (χ0n) is 17.7. The van der Waals surface area contributed by atoms with E-state index in [1.54, 1.807) is 39.8 Å². The molecule has 1 atom stereocenters. The molecule has 3 aromatic rings. The fourth-order valence-corrected chi connectivity index (χ4v) is 3.46. The Balaban J connectivity index is 1.86. The van der Waals surface area contributed by atoms with Crippen LogP contribution in [0.5, 0.6) is 0 Å². The molecule has 156 valence electrons. The highest BCUT2D eigenvalue weighted by molar-refractivity contribution is 6.07. The molecule has 0 aliphatic rings. The number of carbonyl (C=O) groups excluding carboxylic acids is 3. The first-order valence-electron chi connectivity index (χ1n) is 9.72. The molecule has 7 nitrogen and oxygen atoms in total. The van der Waals surface area contributed by atoms with Crippen molar-refractivity contribution in [2.24, 2.45) is 0 Å². The molecule has 1 aromatic carbocycles.